The monoisotopic (exact) mass is 313 g/mol. The highest BCUT2D eigenvalue weighted by atomic mass is 79.9. The Morgan fingerprint density at radius 2 is 1.89 bits per heavy atom. The maximum atomic E-state index is 5.55. The Kier molecular flexibility index (Phi) is 6.90. The molecule has 2 atom stereocenters. The van der Waals surface area contributed by atoms with Gasteiger partial charge in [-0.05, 0) is 31.4 Å². The van der Waals surface area contributed by atoms with E-state index in [9.17, 15) is 0 Å². The summed E-state index contributed by atoms with van der Waals surface area (Å²) in [6.07, 6.45) is 0. The van der Waals surface area contributed by atoms with E-state index in [1.165, 1.54) is 5.56 Å². The van der Waals surface area contributed by atoms with Crippen molar-refractivity contribution in [1.29, 1.82) is 0 Å². The first-order valence-corrected chi connectivity index (χ1v) is 7.43. The third-order valence-electron chi connectivity index (χ3n) is 3.14. The molecule has 0 aliphatic heterocycles. The van der Waals surface area contributed by atoms with Gasteiger partial charge in [0.15, 0.2) is 0 Å². The van der Waals surface area contributed by atoms with Crippen LogP contribution in [0.15, 0.2) is 28.7 Å². The Balaban J connectivity index is 2.66. The average molecular weight is 314 g/mol. The van der Waals surface area contributed by atoms with Crippen molar-refractivity contribution in [2.75, 3.05) is 13.2 Å². The first-order valence-electron chi connectivity index (χ1n) is 6.64. The van der Waals surface area contributed by atoms with E-state index in [4.69, 9.17) is 4.74 Å². The Morgan fingerprint density at radius 3 is 2.44 bits per heavy atom. The van der Waals surface area contributed by atoms with Crippen molar-refractivity contribution in [2.45, 2.75) is 39.8 Å². The summed E-state index contributed by atoms with van der Waals surface area (Å²) in [5.74, 6) is 0.557. The fraction of sp³-hybridized carbons (Fsp3) is 0.600. The lowest BCUT2D eigenvalue weighted by Gasteiger charge is -2.27. The summed E-state index contributed by atoms with van der Waals surface area (Å²) in [6.45, 7) is 10.2. The molecule has 2 nitrogen and oxygen atoms in total. The smallest absolute Gasteiger partial charge is 0.0622 e. The minimum Gasteiger partial charge on any atom is -0.380 e. The first kappa shape index (κ1) is 15.7. The second kappa shape index (κ2) is 7.93. The van der Waals surface area contributed by atoms with E-state index in [1.807, 2.05) is 13.0 Å². The molecular formula is C15H24BrNO. The van der Waals surface area contributed by atoms with Gasteiger partial charge in [-0.3, -0.25) is 0 Å². The third kappa shape index (κ3) is 4.71. The number of hydrogen-bond acceptors (Lipinski definition) is 2. The summed E-state index contributed by atoms with van der Waals surface area (Å²) in [5, 5.41) is 3.65. The molecule has 1 rings (SSSR count). The molecule has 0 bridgehead atoms. The summed E-state index contributed by atoms with van der Waals surface area (Å²) in [6, 6.07) is 9.05. The zero-order valence-electron chi connectivity index (χ0n) is 11.7. The van der Waals surface area contributed by atoms with Crippen molar-refractivity contribution in [3.8, 4) is 0 Å². The summed E-state index contributed by atoms with van der Waals surface area (Å²) < 4.78 is 6.71. The van der Waals surface area contributed by atoms with Gasteiger partial charge in [-0.2, -0.15) is 0 Å². The highest BCUT2D eigenvalue weighted by Gasteiger charge is 2.17. The number of halogens is 1. The van der Waals surface area contributed by atoms with E-state index < -0.39 is 0 Å². The van der Waals surface area contributed by atoms with Crippen molar-refractivity contribution >= 4 is 15.9 Å². The van der Waals surface area contributed by atoms with Gasteiger partial charge in [-0.15, -0.1) is 0 Å². The van der Waals surface area contributed by atoms with Crippen molar-refractivity contribution in [2.24, 2.45) is 5.92 Å². The van der Waals surface area contributed by atoms with E-state index in [0.29, 0.717) is 18.0 Å². The molecule has 0 heterocycles. The molecule has 3 heteroatoms. The highest BCUT2D eigenvalue weighted by molar-refractivity contribution is 9.10. The summed E-state index contributed by atoms with van der Waals surface area (Å²) >= 11 is 3.61. The number of benzene rings is 1. The van der Waals surface area contributed by atoms with Crippen molar-refractivity contribution in [3.05, 3.63) is 34.3 Å². The van der Waals surface area contributed by atoms with Crippen LogP contribution in [0.2, 0.25) is 0 Å². The van der Waals surface area contributed by atoms with Crippen LogP contribution in [0.4, 0.5) is 0 Å². The van der Waals surface area contributed by atoms with Gasteiger partial charge < -0.3 is 10.1 Å². The van der Waals surface area contributed by atoms with Gasteiger partial charge in [0.1, 0.15) is 0 Å². The van der Waals surface area contributed by atoms with Gasteiger partial charge in [-0.1, -0.05) is 48.0 Å². The molecule has 0 saturated heterocycles. The molecule has 1 aromatic carbocycles. The van der Waals surface area contributed by atoms with E-state index in [-0.39, 0.29) is 0 Å². The van der Waals surface area contributed by atoms with Crippen LogP contribution in [0, 0.1) is 5.92 Å². The standard InChI is InChI=1S/C15H24BrNO/c1-5-18-10-15(11(2)3)17-12(4)13-8-6-7-9-14(13)16/h6-9,11-12,15,17H,5,10H2,1-4H3. The van der Waals surface area contributed by atoms with Crippen LogP contribution in [0.3, 0.4) is 0 Å². The minimum absolute atomic E-state index is 0.313. The zero-order chi connectivity index (χ0) is 13.5. The number of rotatable bonds is 7. The van der Waals surface area contributed by atoms with Gasteiger partial charge in [0.2, 0.25) is 0 Å². The SMILES string of the molecule is CCOCC(NC(C)c1ccccc1Br)C(C)C. The lowest BCUT2D eigenvalue weighted by Crippen LogP contribution is -2.39. The van der Waals surface area contributed by atoms with Gasteiger partial charge in [0, 0.05) is 23.2 Å². The minimum atomic E-state index is 0.313. The number of hydrogen-bond donors (Lipinski definition) is 1. The lowest BCUT2D eigenvalue weighted by atomic mass is 10.0. The Hall–Kier alpha value is -0.380. The number of ether oxygens (including phenoxy) is 1. The molecule has 1 N–H and O–H groups in total. The van der Waals surface area contributed by atoms with Crippen LogP contribution in [0.5, 0.6) is 0 Å². The first-order chi connectivity index (χ1) is 8.56. The average Bonchev–Trinajstić information content (AvgIpc) is 2.34. The van der Waals surface area contributed by atoms with Crippen LogP contribution < -0.4 is 5.32 Å². The van der Waals surface area contributed by atoms with Crippen LogP contribution in [0.1, 0.15) is 39.3 Å². The Labute approximate surface area is 119 Å². The highest BCUT2D eigenvalue weighted by Crippen LogP contribution is 2.23. The van der Waals surface area contributed by atoms with Crippen molar-refractivity contribution < 1.29 is 4.74 Å². The van der Waals surface area contributed by atoms with Gasteiger partial charge in [-0.25, -0.2) is 0 Å². The Morgan fingerprint density at radius 1 is 1.22 bits per heavy atom. The quantitative estimate of drug-likeness (QED) is 0.816. The molecule has 18 heavy (non-hydrogen) atoms. The molecule has 0 aliphatic carbocycles. The molecule has 2 unspecified atom stereocenters. The summed E-state index contributed by atoms with van der Waals surface area (Å²) in [4.78, 5) is 0. The van der Waals surface area contributed by atoms with Crippen molar-refractivity contribution in [3.63, 3.8) is 0 Å². The third-order valence-corrected chi connectivity index (χ3v) is 3.86. The van der Waals surface area contributed by atoms with Crippen LogP contribution >= 0.6 is 15.9 Å². The molecule has 0 spiro atoms. The summed E-state index contributed by atoms with van der Waals surface area (Å²) in [5.41, 5.74) is 1.29. The van der Waals surface area contributed by atoms with Crippen molar-refractivity contribution in [1.82, 2.24) is 5.32 Å². The molecule has 0 radical (unpaired) electrons. The fourth-order valence-corrected chi connectivity index (χ4v) is 2.54. The molecular weight excluding hydrogens is 290 g/mol. The van der Waals surface area contributed by atoms with E-state index >= 15 is 0 Å². The Bertz CT molecular complexity index is 354. The van der Waals surface area contributed by atoms with Gasteiger partial charge in [0.05, 0.1) is 6.61 Å². The van der Waals surface area contributed by atoms with E-state index in [0.717, 1.165) is 17.7 Å². The fourth-order valence-electron chi connectivity index (χ4n) is 1.91. The van der Waals surface area contributed by atoms with E-state index in [1.54, 1.807) is 0 Å². The normalized spacial score (nSPS) is 14.8. The molecule has 0 aromatic heterocycles. The van der Waals surface area contributed by atoms with Crippen LogP contribution in [-0.2, 0) is 4.74 Å². The van der Waals surface area contributed by atoms with E-state index in [2.05, 4.69) is 60.2 Å². The maximum Gasteiger partial charge on any atom is 0.0622 e. The summed E-state index contributed by atoms with van der Waals surface area (Å²) in [7, 11) is 0. The lowest BCUT2D eigenvalue weighted by molar-refractivity contribution is 0.104. The zero-order valence-corrected chi connectivity index (χ0v) is 13.3. The molecule has 0 aliphatic rings. The largest absolute Gasteiger partial charge is 0.380 e. The van der Waals surface area contributed by atoms with Gasteiger partial charge >= 0.3 is 0 Å². The number of nitrogens with one attached hydrogen (secondary N) is 1. The van der Waals surface area contributed by atoms with Gasteiger partial charge in [0.25, 0.3) is 0 Å². The predicted molar refractivity (Wildman–Crippen MR) is 80.8 cm³/mol. The molecule has 0 amide bonds. The topological polar surface area (TPSA) is 21.3 Å². The van der Waals surface area contributed by atoms with Crippen LogP contribution in [0.25, 0.3) is 0 Å². The molecule has 1 aromatic rings. The molecule has 102 valence electrons. The predicted octanol–water partition coefficient (Wildman–Crippen LogP) is 4.16. The van der Waals surface area contributed by atoms with Crippen LogP contribution in [-0.4, -0.2) is 19.3 Å². The molecule has 0 fully saturated rings. The molecule has 0 saturated carbocycles. The second-order valence-corrected chi connectivity index (χ2v) is 5.77. The second-order valence-electron chi connectivity index (χ2n) is 4.92. The maximum absolute atomic E-state index is 5.55.